The Morgan fingerprint density at radius 1 is 1.21 bits per heavy atom. The second-order valence-corrected chi connectivity index (χ2v) is 4.72. The Balaban J connectivity index is 2.05. The number of nitrogens with zero attached hydrogens (tertiary/aromatic N) is 1. The standard InChI is InChI=1S/C14H11Cl2NO2/c15-12-7-11(9-18)14(13(16)8-12)19-6-3-10-1-4-17-5-2-10/h1-2,4-5,7-9H,3,6H2. The summed E-state index contributed by atoms with van der Waals surface area (Å²) in [6.45, 7) is 0.423. The van der Waals surface area contributed by atoms with E-state index in [0.29, 0.717) is 40.7 Å². The fourth-order valence-electron chi connectivity index (χ4n) is 1.64. The molecule has 98 valence electrons. The maximum Gasteiger partial charge on any atom is 0.153 e. The van der Waals surface area contributed by atoms with Crippen LogP contribution in [0.15, 0.2) is 36.7 Å². The topological polar surface area (TPSA) is 39.2 Å². The first-order valence-electron chi connectivity index (χ1n) is 5.66. The summed E-state index contributed by atoms with van der Waals surface area (Å²) in [7, 11) is 0. The summed E-state index contributed by atoms with van der Waals surface area (Å²) in [5.74, 6) is 0.370. The van der Waals surface area contributed by atoms with Crippen molar-refractivity contribution in [2.75, 3.05) is 6.61 Å². The normalized spacial score (nSPS) is 10.2. The lowest BCUT2D eigenvalue weighted by Gasteiger charge is -2.10. The molecule has 0 bridgehead atoms. The Labute approximate surface area is 121 Å². The molecule has 0 atom stereocenters. The minimum absolute atomic E-state index is 0.337. The fourth-order valence-corrected chi connectivity index (χ4v) is 2.20. The highest BCUT2D eigenvalue weighted by atomic mass is 35.5. The predicted octanol–water partition coefficient (Wildman–Crippen LogP) is 3.82. The molecule has 3 nitrogen and oxygen atoms in total. The molecular formula is C14H11Cl2NO2. The Bertz CT molecular complexity index is 573. The third-order valence-electron chi connectivity index (χ3n) is 2.55. The van der Waals surface area contributed by atoms with Crippen LogP contribution in [0, 0.1) is 0 Å². The van der Waals surface area contributed by atoms with Crippen molar-refractivity contribution in [3.8, 4) is 5.75 Å². The van der Waals surface area contributed by atoms with E-state index in [9.17, 15) is 4.79 Å². The van der Waals surface area contributed by atoms with Crippen molar-refractivity contribution in [1.29, 1.82) is 0 Å². The lowest BCUT2D eigenvalue weighted by Crippen LogP contribution is -2.04. The monoisotopic (exact) mass is 295 g/mol. The van der Waals surface area contributed by atoms with Crippen LogP contribution in [-0.4, -0.2) is 17.9 Å². The Morgan fingerprint density at radius 2 is 1.95 bits per heavy atom. The second kappa shape index (κ2) is 6.55. The van der Waals surface area contributed by atoms with Gasteiger partial charge in [-0.25, -0.2) is 0 Å². The van der Waals surface area contributed by atoms with Crippen LogP contribution in [0.5, 0.6) is 5.75 Å². The van der Waals surface area contributed by atoms with Gasteiger partial charge in [0.25, 0.3) is 0 Å². The van der Waals surface area contributed by atoms with Crippen molar-refractivity contribution < 1.29 is 9.53 Å². The van der Waals surface area contributed by atoms with Crippen molar-refractivity contribution in [3.63, 3.8) is 0 Å². The quantitative estimate of drug-likeness (QED) is 0.787. The van der Waals surface area contributed by atoms with Crippen LogP contribution in [-0.2, 0) is 6.42 Å². The van der Waals surface area contributed by atoms with Crippen LogP contribution in [0.3, 0.4) is 0 Å². The first-order valence-corrected chi connectivity index (χ1v) is 6.42. The molecule has 0 unspecified atom stereocenters. The molecule has 0 saturated heterocycles. The van der Waals surface area contributed by atoms with Crippen molar-refractivity contribution in [2.24, 2.45) is 0 Å². The average Bonchev–Trinajstić information content (AvgIpc) is 2.42. The zero-order valence-corrected chi connectivity index (χ0v) is 11.5. The van der Waals surface area contributed by atoms with Crippen LogP contribution in [0.2, 0.25) is 10.0 Å². The zero-order valence-electron chi connectivity index (χ0n) is 9.98. The summed E-state index contributed by atoms with van der Waals surface area (Å²) in [5.41, 5.74) is 1.46. The summed E-state index contributed by atoms with van der Waals surface area (Å²) in [5, 5.41) is 0.748. The molecule has 0 amide bonds. The number of ether oxygens (including phenoxy) is 1. The predicted molar refractivity (Wildman–Crippen MR) is 75.3 cm³/mol. The minimum atomic E-state index is 0.337. The van der Waals surface area contributed by atoms with Gasteiger partial charge in [-0.1, -0.05) is 23.2 Å². The van der Waals surface area contributed by atoms with Crippen LogP contribution in [0.25, 0.3) is 0 Å². The minimum Gasteiger partial charge on any atom is -0.491 e. The molecule has 1 aromatic heterocycles. The van der Waals surface area contributed by atoms with Crippen molar-refractivity contribution in [3.05, 3.63) is 57.8 Å². The van der Waals surface area contributed by atoms with E-state index >= 15 is 0 Å². The molecule has 0 saturated carbocycles. The Kier molecular flexibility index (Phi) is 4.77. The average molecular weight is 296 g/mol. The van der Waals surface area contributed by atoms with E-state index in [-0.39, 0.29) is 0 Å². The highest BCUT2D eigenvalue weighted by molar-refractivity contribution is 6.36. The lowest BCUT2D eigenvalue weighted by molar-refractivity contribution is 0.111. The largest absolute Gasteiger partial charge is 0.491 e. The molecule has 0 aliphatic rings. The molecule has 0 fully saturated rings. The number of aldehydes is 1. The van der Waals surface area contributed by atoms with Gasteiger partial charge in [0.15, 0.2) is 6.29 Å². The van der Waals surface area contributed by atoms with Gasteiger partial charge in [0, 0.05) is 23.8 Å². The summed E-state index contributed by atoms with van der Waals surface area (Å²) in [4.78, 5) is 14.9. The lowest BCUT2D eigenvalue weighted by atomic mass is 10.2. The van der Waals surface area contributed by atoms with Gasteiger partial charge in [0.2, 0.25) is 0 Å². The summed E-state index contributed by atoms with van der Waals surface area (Å²) >= 11 is 11.8. The van der Waals surface area contributed by atoms with E-state index < -0.39 is 0 Å². The van der Waals surface area contributed by atoms with Crippen LogP contribution >= 0.6 is 23.2 Å². The molecule has 5 heteroatoms. The van der Waals surface area contributed by atoms with E-state index in [1.165, 1.54) is 6.07 Å². The van der Waals surface area contributed by atoms with Gasteiger partial charge in [-0.15, -0.1) is 0 Å². The molecule has 0 spiro atoms. The number of aromatic nitrogens is 1. The first kappa shape index (κ1) is 13.8. The zero-order chi connectivity index (χ0) is 13.7. The van der Waals surface area contributed by atoms with Crippen LogP contribution in [0.4, 0.5) is 0 Å². The van der Waals surface area contributed by atoms with Crippen molar-refractivity contribution >= 4 is 29.5 Å². The Morgan fingerprint density at radius 3 is 2.63 bits per heavy atom. The fraction of sp³-hybridized carbons (Fsp3) is 0.143. The smallest absolute Gasteiger partial charge is 0.153 e. The second-order valence-electron chi connectivity index (χ2n) is 3.88. The van der Waals surface area contributed by atoms with E-state index in [0.717, 1.165) is 5.56 Å². The molecule has 1 aromatic carbocycles. The molecule has 1 heterocycles. The van der Waals surface area contributed by atoms with Gasteiger partial charge in [-0.3, -0.25) is 9.78 Å². The summed E-state index contributed by atoms with van der Waals surface area (Å²) < 4.78 is 5.58. The maximum absolute atomic E-state index is 11.0. The molecule has 0 aliphatic heterocycles. The number of carbonyl (C=O) groups excluding carboxylic acids is 1. The van der Waals surface area contributed by atoms with E-state index in [1.807, 2.05) is 12.1 Å². The Hall–Kier alpha value is -1.58. The van der Waals surface area contributed by atoms with Crippen molar-refractivity contribution in [2.45, 2.75) is 6.42 Å². The first-order chi connectivity index (χ1) is 9.20. The number of benzene rings is 1. The third-order valence-corrected chi connectivity index (χ3v) is 3.05. The van der Waals surface area contributed by atoms with Gasteiger partial charge in [0.1, 0.15) is 5.75 Å². The van der Waals surface area contributed by atoms with E-state index in [2.05, 4.69) is 4.98 Å². The molecule has 0 aliphatic carbocycles. The van der Waals surface area contributed by atoms with E-state index in [4.69, 9.17) is 27.9 Å². The number of carbonyl (C=O) groups is 1. The number of pyridine rings is 1. The van der Waals surface area contributed by atoms with Crippen LogP contribution in [0.1, 0.15) is 15.9 Å². The highest BCUT2D eigenvalue weighted by Gasteiger charge is 2.10. The molecular weight excluding hydrogens is 285 g/mol. The molecule has 0 radical (unpaired) electrons. The molecule has 2 rings (SSSR count). The van der Waals surface area contributed by atoms with Crippen LogP contribution < -0.4 is 4.74 Å². The van der Waals surface area contributed by atoms with Gasteiger partial charge >= 0.3 is 0 Å². The van der Waals surface area contributed by atoms with Gasteiger partial charge in [0.05, 0.1) is 17.2 Å². The van der Waals surface area contributed by atoms with E-state index in [1.54, 1.807) is 18.5 Å². The highest BCUT2D eigenvalue weighted by Crippen LogP contribution is 2.31. The number of halogens is 2. The molecule has 2 aromatic rings. The SMILES string of the molecule is O=Cc1cc(Cl)cc(Cl)c1OCCc1ccncc1. The van der Waals surface area contributed by atoms with Gasteiger partial charge in [-0.2, -0.15) is 0 Å². The maximum atomic E-state index is 11.0. The molecule has 0 N–H and O–H groups in total. The number of hydrogen-bond acceptors (Lipinski definition) is 3. The van der Waals surface area contributed by atoms with Gasteiger partial charge < -0.3 is 4.74 Å². The van der Waals surface area contributed by atoms with Crippen molar-refractivity contribution in [1.82, 2.24) is 4.98 Å². The number of rotatable bonds is 5. The summed E-state index contributed by atoms with van der Waals surface area (Å²) in [6, 6.07) is 6.90. The third kappa shape index (κ3) is 3.69. The number of hydrogen-bond donors (Lipinski definition) is 0. The molecule has 19 heavy (non-hydrogen) atoms. The summed E-state index contributed by atoms with van der Waals surface area (Å²) in [6.07, 6.45) is 4.84. The van der Waals surface area contributed by atoms with Gasteiger partial charge in [-0.05, 0) is 29.8 Å².